The third kappa shape index (κ3) is 5.01. The highest BCUT2D eigenvalue weighted by atomic mass is 19.3. The van der Waals surface area contributed by atoms with Gasteiger partial charge >= 0.3 is 6.29 Å². The van der Waals surface area contributed by atoms with E-state index in [9.17, 15) is 13.6 Å². The molecule has 1 N–H and O–H groups in total. The Morgan fingerprint density at radius 2 is 1.97 bits per heavy atom. The summed E-state index contributed by atoms with van der Waals surface area (Å²) in [6.45, 7) is 2.22. The Balaban J connectivity index is 1.23. The van der Waals surface area contributed by atoms with Crippen LogP contribution in [0.15, 0.2) is 28.8 Å². The van der Waals surface area contributed by atoms with Gasteiger partial charge in [0.1, 0.15) is 6.61 Å². The minimum absolute atomic E-state index is 0.0228. The van der Waals surface area contributed by atoms with Crippen molar-refractivity contribution in [2.75, 3.05) is 19.8 Å². The van der Waals surface area contributed by atoms with Gasteiger partial charge < -0.3 is 28.8 Å². The summed E-state index contributed by atoms with van der Waals surface area (Å²) in [5.74, 6) is 0.422. The van der Waals surface area contributed by atoms with E-state index < -0.39 is 6.29 Å². The van der Waals surface area contributed by atoms with Crippen molar-refractivity contribution in [3.63, 3.8) is 0 Å². The number of nitrogens with zero attached hydrogens (tertiary/aromatic N) is 1. The van der Waals surface area contributed by atoms with Crippen molar-refractivity contribution in [3.05, 3.63) is 41.3 Å². The van der Waals surface area contributed by atoms with Crippen molar-refractivity contribution in [2.24, 2.45) is 5.92 Å². The Hall–Kier alpha value is -2.72. The summed E-state index contributed by atoms with van der Waals surface area (Å²) in [7, 11) is 0. The summed E-state index contributed by atoms with van der Waals surface area (Å²) in [4.78, 5) is 12.2. The molecule has 29 heavy (non-hydrogen) atoms. The second-order valence-electron chi connectivity index (χ2n) is 6.89. The van der Waals surface area contributed by atoms with Gasteiger partial charge in [-0.05, 0) is 36.5 Å². The first-order valence-corrected chi connectivity index (χ1v) is 9.26. The topological polar surface area (TPSA) is 92.1 Å². The van der Waals surface area contributed by atoms with E-state index in [0.717, 1.165) is 26.1 Å². The Kier molecular flexibility index (Phi) is 5.63. The van der Waals surface area contributed by atoms with Crippen LogP contribution in [0.2, 0.25) is 0 Å². The summed E-state index contributed by atoms with van der Waals surface area (Å²) >= 11 is 0. The van der Waals surface area contributed by atoms with Gasteiger partial charge in [-0.3, -0.25) is 4.79 Å². The lowest BCUT2D eigenvalue weighted by Crippen LogP contribution is -2.32. The fourth-order valence-electron chi connectivity index (χ4n) is 3.12. The minimum atomic E-state index is -3.65. The second kappa shape index (κ2) is 8.34. The van der Waals surface area contributed by atoms with Gasteiger partial charge in [0.2, 0.25) is 0 Å². The van der Waals surface area contributed by atoms with Crippen LogP contribution in [0, 0.1) is 5.92 Å². The zero-order valence-electron chi connectivity index (χ0n) is 15.5. The molecular formula is C19H20F2N2O6. The van der Waals surface area contributed by atoms with Gasteiger partial charge in [-0.25, -0.2) is 0 Å². The molecule has 2 aliphatic rings. The number of carbonyl (C=O) groups excluding carboxylic acids is 1. The molecule has 0 unspecified atom stereocenters. The first-order valence-electron chi connectivity index (χ1n) is 9.26. The van der Waals surface area contributed by atoms with E-state index in [1.165, 1.54) is 18.2 Å². The van der Waals surface area contributed by atoms with Crippen molar-refractivity contribution in [1.29, 1.82) is 0 Å². The molecular weight excluding hydrogens is 390 g/mol. The lowest BCUT2D eigenvalue weighted by Gasteiger charge is -2.21. The number of ether oxygens (including phenoxy) is 4. The molecule has 0 atom stereocenters. The smallest absolute Gasteiger partial charge is 0.395 e. The Labute approximate surface area is 165 Å². The van der Waals surface area contributed by atoms with Crippen LogP contribution in [-0.2, 0) is 22.7 Å². The molecule has 10 heteroatoms. The van der Waals surface area contributed by atoms with E-state index in [-0.39, 0.29) is 36.3 Å². The summed E-state index contributed by atoms with van der Waals surface area (Å²) in [5.41, 5.74) is 0.806. The number of aromatic nitrogens is 1. The molecule has 4 rings (SSSR count). The zero-order chi connectivity index (χ0) is 20.3. The number of hydrogen-bond acceptors (Lipinski definition) is 7. The van der Waals surface area contributed by atoms with Crippen LogP contribution in [0.25, 0.3) is 0 Å². The quantitative estimate of drug-likeness (QED) is 0.750. The number of rotatable bonds is 7. The summed E-state index contributed by atoms with van der Waals surface area (Å²) in [5, 5.41) is 6.61. The van der Waals surface area contributed by atoms with E-state index in [4.69, 9.17) is 14.0 Å². The molecule has 0 spiro atoms. The Bertz CT molecular complexity index is 866. The molecule has 1 saturated heterocycles. The molecule has 1 fully saturated rings. The largest absolute Gasteiger partial charge is 0.586 e. The highest BCUT2D eigenvalue weighted by Crippen LogP contribution is 2.41. The van der Waals surface area contributed by atoms with Gasteiger partial charge in [-0.2, -0.15) is 0 Å². The number of alkyl halides is 2. The van der Waals surface area contributed by atoms with Crippen molar-refractivity contribution in [1.82, 2.24) is 10.5 Å². The number of fused-ring (bicyclic) bond motifs is 1. The van der Waals surface area contributed by atoms with Crippen molar-refractivity contribution in [3.8, 4) is 11.5 Å². The first kappa shape index (κ1) is 19.6. The van der Waals surface area contributed by atoms with E-state index in [1.54, 1.807) is 6.07 Å². The van der Waals surface area contributed by atoms with Crippen LogP contribution < -0.4 is 14.8 Å². The van der Waals surface area contributed by atoms with Gasteiger partial charge in [0.25, 0.3) is 5.91 Å². The molecule has 0 aliphatic carbocycles. The molecule has 0 bridgehead atoms. The molecule has 1 aromatic heterocycles. The van der Waals surface area contributed by atoms with Gasteiger partial charge in [0.05, 0.1) is 6.61 Å². The molecule has 8 nitrogen and oxygen atoms in total. The van der Waals surface area contributed by atoms with Crippen molar-refractivity contribution in [2.45, 2.75) is 32.4 Å². The Morgan fingerprint density at radius 1 is 1.17 bits per heavy atom. The summed E-state index contributed by atoms with van der Waals surface area (Å²) in [6, 6.07) is 5.93. The van der Waals surface area contributed by atoms with Crippen molar-refractivity contribution >= 4 is 5.91 Å². The van der Waals surface area contributed by atoms with Gasteiger partial charge in [-0.15, -0.1) is 8.78 Å². The summed E-state index contributed by atoms with van der Waals surface area (Å²) < 4.78 is 50.7. The van der Waals surface area contributed by atoms with E-state index in [0.29, 0.717) is 23.8 Å². The van der Waals surface area contributed by atoms with E-state index >= 15 is 0 Å². The maximum Gasteiger partial charge on any atom is 0.586 e. The molecule has 1 aromatic carbocycles. The lowest BCUT2D eigenvalue weighted by atomic mass is 10.0. The predicted octanol–water partition coefficient (Wildman–Crippen LogP) is 2.87. The number of benzene rings is 1. The fraction of sp³-hybridized carbons (Fsp3) is 0.474. The SMILES string of the molecule is O=C(NCC1CCOCC1)c1cc(COCc2ccc3c(c2)OC(F)(F)O3)on1. The average Bonchev–Trinajstić information content (AvgIpc) is 3.29. The van der Waals surface area contributed by atoms with Crippen LogP contribution in [0.3, 0.4) is 0 Å². The normalized spacial score (nSPS) is 18.0. The van der Waals surface area contributed by atoms with Crippen LogP contribution in [0.4, 0.5) is 8.78 Å². The molecule has 0 radical (unpaired) electrons. The maximum absolute atomic E-state index is 13.0. The highest BCUT2D eigenvalue weighted by molar-refractivity contribution is 5.92. The molecule has 2 aromatic rings. The zero-order valence-corrected chi connectivity index (χ0v) is 15.5. The second-order valence-corrected chi connectivity index (χ2v) is 6.89. The number of hydrogen-bond donors (Lipinski definition) is 1. The molecule has 3 heterocycles. The Morgan fingerprint density at radius 3 is 2.79 bits per heavy atom. The van der Waals surface area contributed by atoms with Crippen LogP contribution in [0.5, 0.6) is 11.5 Å². The number of halogens is 2. The first-order chi connectivity index (χ1) is 14.0. The predicted molar refractivity (Wildman–Crippen MR) is 93.5 cm³/mol. The van der Waals surface area contributed by atoms with Crippen molar-refractivity contribution < 1.29 is 37.0 Å². The number of amides is 1. The molecule has 2 aliphatic heterocycles. The third-order valence-electron chi connectivity index (χ3n) is 4.66. The van der Waals surface area contributed by atoms with E-state index in [2.05, 4.69) is 19.9 Å². The van der Waals surface area contributed by atoms with Gasteiger partial charge in [0, 0.05) is 25.8 Å². The standard InChI is InChI=1S/C19H20F2N2O6/c20-19(21)27-16-2-1-13(7-17(16)28-19)10-26-11-14-8-15(23-29-14)18(24)22-9-12-3-5-25-6-4-12/h1-2,7-8,12H,3-6,9-11H2,(H,22,24). The lowest BCUT2D eigenvalue weighted by molar-refractivity contribution is -0.286. The molecule has 0 saturated carbocycles. The molecule has 156 valence electrons. The van der Waals surface area contributed by atoms with Gasteiger partial charge in [0.15, 0.2) is 23.0 Å². The van der Waals surface area contributed by atoms with Crippen LogP contribution in [0.1, 0.15) is 34.7 Å². The average molecular weight is 410 g/mol. The minimum Gasteiger partial charge on any atom is -0.395 e. The third-order valence-corrected chi connectivity index (χ3v) is 4.66. The fourth-order valence-corrected chi connectivity index (χ4v) is 3.12. The van der Waals surface area contributed by atoms with Crippen LogP contribution >= 0.6 is 0 Å². The summed E-state index contributed by atoms with van der Waals surface area (Å²) in [6.07, 6.45) is -1.80. The highest BCUT2D eigenvalue weighted by Gasteiger charge is 2.43. The number of nitrogens with one attached hydrogen (secondary N) is 1. The van der Waals surface area contributed by atoms with Crippen LogP contribution in [-0.4, -0.2) is 37.1 Å². The van der Waals surface area contributed by atoms with E-state index in [1.807, 2.05) is 0 Å². The maximum atomic E-state index is 13.0. The number of carbonyl (C=O) groups is 1. The molecule has 1 amide bonds. The monoisotopic (exact) mass is 410 g/mol. The van der Waals surface area contributed by atoms with Gasteiger partial charge in [-0.1, -0.05) is 11.2 Å².